The molecular weight excluding hydrogens is 236 g/mol. The van der Waals surface area contributed by atoms with Crippen LogP contribution < -0.4 is 5.32 Å². The number of carbonyl (C=O) groups excluding carboxylic acids is 1. The molecule has 0 aromatic carbocycles. The fourth-order valence-corrected chi connectivity index (χ4v) is 1.43. The lowest BCUT2D eigenvalue weighted by Crippen LogP contribution is -2.30. The van der Waals surface area contributed by atoms with E-state index in [0.29, 0.717) is 18.0 Å². The van der Waals surface area contributed by atoms with E-state index in [-0.39, 0.29) is 12.5 Å². The smallest absolute Gasteiger partial charge is 0.245 e. The standard InChI is InChI=1S/C11H14N4O3/c1-8(15-6-9(7-16)13-14-15)11(17)12-5-10-3-2-4-18-10/h2-4,6,8,16H,5,7H2,1H3,(H,12,17). The molecule has 7 nitrogen and oxygen atoms in total. The number of furan rings is 1. The van der Waals surface area contributed by atoms with Crippen molar-refractivity contribution in [2.75, 3.05) is 0 Å². The van der Waals surface area contributed by atoms with Crippen LogP contribution in [0.5, 0.6) is 0 Å². The highest BCUT2D eigenvalue weighted by Gasteiger charge is 2.16. The number of hydrogen-bond donors (Lipinski definition) is 2. The Morgan fingerprint density at radius 2 is 2.50 bits per heavy atom. The summed E-state index contributed by atoms with van der Waals surface area (Å²) >= 11 is 0. The first-order valence-electron chi connectivity index (χ1n) is 5.52. The van der Waals surface area contributed by atoms with Crippen LogP contribution in [0.3, 0.4) is 0 Å². The van der Waals surface area contributed by atoms with Crippen molar-refractivity contribution in [3.05, 3.63) is 36.0 Å². The normalized spacial score (nSPS) is 12.3. The van der Waals surface area contributed by atoms with E-state index in [9.17, 15) is 4.79 Å². The Morgan fingerprint density at radius 3 is 3.11 bits per heavy atom. The van der Waals surface area contributed by atoms with Crippen molar-refractivity contribution in [1.82, 2.24) is 20.3 Å². The Morgan fingerprint density at radius 1 is 1.67 bits per heavy atom. The SMILES string of the molecule is CC(C(=O)NCc1ccco1)n1cc(CO)nn1. The zero-order valence-corrected chi connectivity index (χ0v) is 9.91. The van der Waals surface area contributed by atoms with Crippen LogP contribution in [0.1, 0.15) is 24.4 Å². The number of aromatic nitrogens is 3. The molecule has 0 aliphatic carbocycles. The molecule has 0 spiro atoms. The van der Waals surface area contributed by atoms with Crippen LogP contribution in [-0.2, 0) is 17.9 Å². The molecule has 2 aromatic rings. The Kier molecular flexibility index (Phi) is 3.73. The minimum Gasteiger partial charge on any atom is -0.467 e. The zero-order valence-electron chi connectivity index (χ0n) is 9.91. The van der Waals surface area contributed by atoms with Gasteiger partial charge in [-0.15, -0.1) is 5.10 Å². The van der Waals surface area contributed by atoms with E-state index in [0.717, 1.165) is 0 Å². The topological polar surface area (TPSA) is 93.2 Å². The lowest BCUT2D eigenvalue weighted by atomic mass is 10.3. The number of hydrogen-bond acceptors (Lipinski definition) is 5. The summed E-state index contributed by atoms with van der Waals surface area (Å²) in [7, 11) is 0. The molecule has 2 heterocycles. The maximum Gasteiger partial charge on any atom is 0.245 e. The second kappa shape index (κ2) is 5.46. The molecule has 1 amide bonds. The van der Waals surface area contributed by atoms with Crippen LogP contribution in [0.2, 0.25) is 0 Å². The molecule has 0 bridgehead atoms. The number of aliphatic hydroxyl groups is 1. The van der Waals surface area contributed by atoms with Gasteiger partial charge in [-0.3, -0.25) is 4.79 Å². The van der Waals surface area contributed by atoms with Crippen LogP contribution in [-0.4, -0.2) is 26.0 Å². The Balaban J connectivity index is 1.92. The number of rotatable bonds is 5. The van der Waals surface area contributed by atoms with Crippen molar-refractivity contribution < 1.29 is 14.3 Å². The zero-order chi connectivity index (χ0) is 13.0. The third-order valence-corrected chi connectivity index (χ3v) is 2.51. The van der Waals surface area contributed by atoms with Crippen LogP contribution in [0.4, 0.5) is 0 Å². The summed E-state index contributed by atoms with van der Waals surface area (Å²) in [5, 5.41) is 19.1. The first-order valence-corrected chi connectivity index (χ1v) is 5.52. The van der Waals surface area contributed by atoms with E-state index in [1.54, 1.807) is 25.3 Å². The summed E-state index contributed by atoms with van der Waals surface area (Å²) in [6.45, 7) is 1.84. The summed E-state index contributed by atoms with van der Waals surface area (Å²) in [5.41, 5.74) is 0.431. The number of nitrogens with zero attached hydrogens (tertiary/aromatic N) is 3. The largest absolute Gasteiger partial charge is 0.467 e. The van der Waals surface area contributed by atoms with E-state index >= 15 is 0 Å². The second-order valence-electron chi connectivity index (χ2n) is 3.82. The molecule has 96 valence electrons. The van der Waals surface area contributed by atoms with Crippen molar-refractivity contribution in [3.8, 4) is 0 Å². The van der Waals surface area contributed by atoms with Gasteiger partial charge >= 0.3 is 0 Å². The second-order valence-corrected chi connectivity index (χ2v) is 3.82. The third kappa shape index (κ3) is 2.75. The van der Waals surface area contributed by atoms with Gasteiger partial charge in [0.05, 0.1) is 25.6 Å². The molecule has 0 fully saturated rings. The molecule has 0 radical (unpaired) electrons. The number of carbonyl (C=O) groups is 1. The predicted molar refractivity (Wildman–Crippen MR) is 61.2 cm³/mol. The van der Waals surface area contributed by atoms with Gasteiger partial charge in [-0.25, -0.2) is 4.68 Å². The number of nitrogens with one attached hydrogen (secondary N) is 1. The summed E-state index contributed by atoms with van der Waals surface area (Å²) in [6.07, 6.45) is 3.09. The molecule has 7 heteroatoms. The maximum absolute atomic E-state index is 11.8. The molecule has 1 unspecified atom stereocenters. The molecule has 1 atom stereocenters. The van der Waals surface area contributed by atoms with Crippen molar-refractivity contribution >= 4 is 5.91 Å². The summed E-state index contributed by atoms with van der Waals surface area (Å²) in [6, 6.07) is 3.05. The molecule has 0 saturated heterocycles. The predicted octanol–water partition coefficient (Wildman–Crippen LogP) is 0.241. The van der Waals surface area contributed by atoms with Gasteiger partial charge < -0.3 is 14.8 Å². The molecule has 0 aliphatic heterocycles. The molecule has 0 aliphatic rings. The van der Waals surface area contributed by atoms with Gasteiger partial charge in [0.1, 0.15) is 17.5 Å². The highest BCUT2D eigenvalue weighted by atomic mass is 16.3. The van der Waals surface area contributed by atoms with Crippen molar-refractivity contribution in [1.29, 1.82) is 0 Å². The number of aliphatic hydroxyl groups excluding tert-OH is 1. The Bertz CT molecular complexity index is 506. The monoisotopic (exact) mass is 250 g/mol. The summed E-state index contributed by atoms with van der Waals surface area (Å²) in [5.74, 6) is 0.492. The van der Waals surface area contributed by atoms with Crippen LogP contribution in [0, 0.1) is 0 Å². The van der Waals surface area contributed by atoms with E-state index in [1.165, 1.54) is 10.9 Å². The fourth-order valence-electron chi connectivity index (χ4n) is 1.43. The summed E-state index contributed by atoms with van der Waals surface area (Å²) in [4.78, 5) is 11.8. The van der Waals surface area contributed by atoms with Gasteiger partial charge in [-0.2, -0.15) is 0 Å². The van der Waals surface area contributed by atoms with Crippen LogP contribution >= 0.6 is 0 Å². The molecule has 2 rings (SSSR count). The first-order chi connectivity index (χ1) is 8.70. The van der Waals surface area contributed by atoms with Gasteiger partial charge in [-0.1, -0.05) is 5.21 Å². The van der Waals surface area contributed by atoms with Gasteiger partial charge in [0.2, 0.25) is 5.91 Å². The highest BCUT2D eigenvalue weighted by molar-refractivity contribution is 5.79. The van der Waals surface area contributed by atoms with E-state index in [4.69, 9.17) is 9.52 Å². The van der Waals surface area contributed by atoms with Gasteiger partial charge in [0.15, 0.2) is 0 Å². The lowest BCUT2D eigenvalue weighted by molar-refractivity contribution is -0.124. The van der Waals surface area contributed by atoms with E-state index < -0.39 is 6.04 Å². The first kappa shape index (κ1) is 12.3. The fraction of sp³-hybridized carbons (Fsp3) is 0.364. The minimum absolute atomic E-state index is 0.194. The molecule has 2 aromatic heterocycles. The van der Waals surface area contributed by atoms with Crippen LogP contribution in [0.25, 0.3) is 0 Å². The van der Waals surface area contributed by atoms with Crippen LogP contribution in [0.15, 0.2) is 29.0 Å². The van der Waals surface area contributed by atoms with Crippen molar-refractivity contribution in [2.45, 2.75) is 26.1 Å². The molecule has 2 N–H and O–H groups in total. The minimum atomic E-state index is -0.493. The molecular formula is C11H14N4O3. The Hall–Kier alpha value is -2.15. The third-order valence-electron chi connectivity index (χ3n) is 2.51. The summed E-state index contributed by atoms with van der Waals surface area (Å²) < 4.78 is 6.51. The maximum atomic E-state index is 11.8. The van der Waals surface area contributed by atoms with E-state index in [1.807, 2.05) is 0 Å². The lowest BCUT2D eigenvalue weighted by Gasteiger charge is -2.10. The molecule has 0 saturated carbocycles. The van der Waals surface area contributed by atoms with Crippen molar-refractivity contribution in [3.63, 3.8) is 0 Å². The highest BCUT2D eigenvalue weighted by Crippen LogP contribution is 2.06. The average Bonchev–Trinajstić information content (AvgIpc) is 3.05. The average molecular weight is 250 g/mol. The van der Waals surface area contributed by atoms with E-state index in [2.05, 4.69) is 15.6 Å². The Labute approximate surface area is 103 Å². The molecule has 18 heavy (non-hydrogen) atoms. The van der Waals surface area contributed by atoms with Gasteiger partial charge in [-0.05, 0) is 19.1 Å². The number of amides is 1. The van der Waals surface area contributed by atoms with Gasteiger partial charge in [0.25, 0.3) is 0 Å². The van der Waals surface area contributed by atoms with Crippen molar-refractivity contribution in [2.24, 2.45) is 0 Å². The quantitative estimate of drug-likeness (QED) is 0.793. The van der Waals surface area contributed by atoms with Gasteiger partial charge in [0, 0.05) is 0 Å².